The Kier molecular flexibility index (Phi) is 2.59. The number of nitrogens with zero attached hydrogens (tertiary/aromatic N) is 4. The first-order chi connectivity index (χ1) is 8.65. The zero-order valence-electron chi connectivity index (χ0n) is 10.3. The van der Waals surface area contributed by atoms with Crippen LogP contribution in [0.3, 0.4) is 0 Å². The molecule has 0 aliphatic heterocycles. The van der Waals surface area contributed by atoms with Gasteiger partial charge in [0, 0.05) is 17.7 Å². The van der Waals surface area contributed by atoms with Crippen molar-refractivity contribution in [2.45, 2.75) is 26.7 Å². The Bertz CT molecular complexity index is 701. The van der Waals surface area contributed by atoms with Gasteiger partial charge in [-0.05, 0) is 5.92 Å². The molecule has 0 spiro atoms. The van der Waals surface area contributed by atoms with E-state index in [1.807, 2.05) is 10.8 Å². The first-order valence-corrected chi connectivity index (χ1v) is 6.63. The summed E-state index contributed by atoms with van der Waals surface area (Å²) in [5.41, 5.74) is 3.37. The van der Waals surface area contributed by atoms with Crippen LogP contribution in [0.25, 0.3) is 22.6 Å². The molecule has 0 N–H and O–H groups in total. The van der Waals surface area contributed by atoms with Gasteiger partial charge in [-0.25, -0.2) is 9.97 Å². The van der Waals surface area contributed by atoms with E-state index in [1.54, 1.807) is 18.3 Å². The average Bonchev–Trinajstić information content (AvgIpc) is 2.94. The van der Waals surface area contributed by atoms with Crippen molar-refractivity contribution in [3.63, 3.8) is 0 Å². The van der Waals surface area contributed by atoms with E-state index >= 15 is 0 Å². The minimum atomic E-state index is 0.254. The summed E-state index contributed by atoms with van der Waals surface area (Å²) in [7, 11) is 0. The fourth-order valence-electron chi connectivity index (χ4n) is 1.76. The monoisotopic (exact) mass is 260 g/mol. The average molecular weight is 260 g/mol. The summed E-state index contributed by atoms with van der Waals surface area (Å²) in [6.07, 6.45) is 0. The molecule has 0 bridgehead atoms. The van der Waals surface area contributed by atoms with Crippen molar-refractivity contribution in [2.24, 2.45) is 0 Å². The fourth-order valence-corrected chi connectivity index (χ4v) is 2.44. The quantitative estimate of drug-likeness (QED) is 0.708. The lowest BCUT2D eigenvalue weighted by Crippen LogP contribution is -2.00. The summed E-state index contributed by atoms with van der Waals surface area (Å²) in [5, 5.41) is 11.9. The molecule has 0 saturated carbocycles. The van der Waals surface area contributed by atoms with Gasteiger partial charge >= 0.3 is 0 Å². The van der Waals surface area contributed by atoms with E-state index in [4.69, 9.17) is 4.42 Å². The van der Waals surface area contributed by atoms with Crippen molar-refractivity contribution < 1.29 is 4.42 Å². The molecule has 0 amide bonds. The van der Waals surface area contributed by atoms with Crippen LogP contribution in [0.5, 0.6) is 0 Å². The van der Waals surface area contributed by atoms with Crippen LogP contribution in [0.4, 0.5) is 0 Å². The van der Waals surface area contributed by atoms with E-state index in [-0.39, 0.29) is 5.92 Å². The van der Waals surface area contributed by atoms with Crippen LogP contribution < -0.4 is 0 Å². The van der Waals surface area contributed by atoms with Crippen LogP contribution in [-0.2, 0) is 0 Å². The van der Waals surface area contributed by atoms with Gasteiger partial charge in [0.1, 0.15) is 11.2 Å². The second-order valence-corrected chi connectivity index (χ2v) is 5.12. The maximum atomic E-state index is 5.46. The number of hydrogen-bond acceptors (Lipinski definition) is 6. The highest BCUT2D eigenvalue weighted by Gasteiger charge is 2.18. The molecular weight excluding hydrogens is 248 g/mol. The molecule has 0 aromatic carbocycles. The summed E-state index contributed by atoms with van der Waals surface area (Å²) < 4.78 is 5.46. The molecule has 0 aliphatic carbocycles. The number of aromatic nitrogens is 4. The largest absolute Gasteiger partial charge is 0.420 e. The molecule has 0 radical (unpaired) electrons. The Morgan fingerprint density at radius 2 is 1.83 bits per heavy atom. The third-order valence-corrected chi connectivity index (χ3v) is 3.33. The maximum Gasteiger partial charge on any atom is 0.268 e. The summed E-state index contributed by atoms with van der Waals surface area (Å²) in [5.74, 6) is 1.23. The van der Waals surface area contributed by atoms with Crippen molar-refractivity contribution in [2.75, 3.05) is 0 Å². The fraction of sp³-hybridized carbons (Fsp3) is 0.333. The van der Waals surface area contributed by atoms with Gasteiger partial charge in [-0.1, -0.05) is 13.8 Å². The third-order valence-electron chi connectivity index (χ3n) is 2.61. The predicted molar refractivity (Wildman–Crippen MR) is 69.5 cm³/mol. The first-order valence-electron chi connectivity index (χ1n) is 5.69. The molecule has 3 heterocycles. The first kappa shape index (κ1) is 11.3. The molecule has 3 aromatic heterocycles. The van der Waals surface area contributed by atoms with Crippen molar-refractivity contribution in [3.8, 4) is 11.6 Å². The summed E-state index contributed by atoms with van der Waals surface area (Å²) in [4.78, 5) is 9.23. The smallest absolute Gasteiger partial charge is 0.268 e. The molecule has 0 saturated heterocycles. The van der Waals surface area contributed by atoms with Crippen LogP contribution in [0, 0.1) is 6.92 Å². The second kappa shape index (κ2) is 4.13. The van der Waals surface area contributed by atoms with Gasteiger partial charge in [-0.15, -0.1) is 21.5 Å². The lowest BCUT2D eigenvalue weighted by Gasteiger charge is -2.08. The Labute approximate surface area is 108 Å². The lowest BCUT2D eigenvalue weighted by atomic mass is 10.1. The number of hydrogen-bond donors (Lipinski definition) is 0. The number of thiophene rings is 1. The van der Waals surface area contributed by atoms with Gasteiger partial charge < -0.3 is 4.42 Å². The topological polar surface area (TPSA) is 64.7 Å². The van der Waals surface area contributed by atoms with Gasteiger partial charge in [0.15, 0.2) is 0 Å². The molecule has 5 nitrogen and oxygen atoms in total. The van der Waals surface area contributed by atoms with Gasteiger partial charge in [-0.3, -0.25) is 0 Å². The van der Waals surface area contributed by atoms with Crippen LogP contribution in [-0.4, -0.2) is 20.2 Å². The summed E-state index contributed by atoms with van der Waals surface area (Å²) >= 11 is 1.59. The van der Waals surface area contributed by atoms with Crippen molar-refractivity contribution in [1.82, 2.24) is 20.2 Å². The summed E-state index contributed by atoms with van der Waals surface area (Å²) in [6.45, 7) is 5.92. The van der Waals surface area contributed by atoms with Gasteiger partial charge in [0.2, 0.25) is 5.89 Å². The van der Waals surface area contributed by atoms with Gasteiger partial charge in [-0.2, -0.15) is 0 Å². The van der Waals surface area contributed by atoms with E-state index in [0.29, 0.717) is 17.5 Å². The molecular formula is C12H12N4OS. The van der Waals surface area contributed by atoms with Crippen molar-refractivity contribution in [1.29, 1.82) is 0 Å². The second-order valence-electron chi connectivity index (χ2n) is 4.38. The molecule has 18 heavy (non-hydrogen) atoms. The highest BCUT2D eigenvalue weighted by molar-refractivity contribution is 7.09. The van der Waals surface area contributed by atoms with Crippen molar-refractivity contribution in [3.05, 3.63) is 22.3 Å². The molecule has 3 aromatic rings. The van der Waals surface area contributed by atoms with Crippen molar-refractivity contribution >= 4 is 22.4 Å². The van der Waals surface area contributed by atoms with E-state index in [2.05, 4.69) is 34.0 Å². The standard InChI is InChI=1S/C12H12N4OS/c1-6(2)10-11(12-16-15-7(3)17-12)14-9-5-18-4-8(9)13-10/h4-6H,1-3H3. The molecule has 0 atom stereocenters. The van der Waals surface area contributed by atoms with Gasteiger partial charge in [0.25, 0.3) is 5.89 Å². The van der Waals surface area contributed by atoms with E-state index in [0.717, 1.165) is 16.7 Å². The molecule has 3 rings (SSSR count). The Morgan fingerprint density at radius 1 is 1.11 bits per heavy atom. The lowest BCUT2D eigenvalue weighted by molar-refractivity contribution is 0.529. The van der Waals surface area contributed by atoms with Crippen LogP contribution >= 0.6 is 11.3 Å². The number of rotatable bonds is 2. The SMILES string of the molecule is Cc1nnc(-c2nc3cscc3nc2C(C)C)o1. The minimum absolute atomic E-state index is 0.254. The third kappa shape index (κ3) is 1.78. The number of fused-ring (bicyclic) bond motifs is 1. The van der Waals surface area contributed by atoms with E-state index < -0.39 is 0 Å². The van der Waals surface area contributed by atoms with Crippen LogP contribution in [0.15, 0.2) is 15.2 Å². The maximum absolute atomic E-state index is 5.46. The molecule has 0 unspecified atom stereocenters. The minimum Gasteiger partial charge on any atom is -0.420 e. The summed E-state index contributed by atoms with van der Waals surface area (Å²) in [6, 6.07) is 0. The Hall–Kier alpha value is -1.82. The predicted octanol–water partition coefficient (Wildman–Crippen LogP) is 3.17. The Morgan fingerprint density at radius 3 is 2.44 bits per heavy atom. The zero-order chi connectivity index (χ0) is 12.7. The molecule has 0 fully saturated rings. The molecule has 0 aliphatic rings. The number of aryl methyl sites for hydroxylation is 1. The van der Waals surface area contributed by atoms with E-state index in [1.165, 1.54) is 0 Å². The molecule has 92 valence electrons. The highest BCUT2D eigenvalue weighted by atomic mass is 32.1. The van der Waals surface area contributed by atoms with E-state index in [9.17, 15) is 0 Å². The van der Waals surface area contributed by atoms with Gasteiger partial charge in [0.05, 0.1) is 11.2 Å². The normalized spacial score (nSPS) is 11.6. The van der Waals surface area contributed by atoms with Crippen LogP contribution in [0.2, 0.25) is 0 Å². The highest BCUT2D eigenvalue weighted by Crippen LogP contribution is 2.28. The molecule has 6 heteroatoms. The Balaban J connectivity index is 2.27. The van der Waals surface area contributed by atoms with Crippen LogP contribution in [0.1, 0.15) is 31.4 Å². The zero-order valence-corrected chi connectivity index (χ0v) is 11.2.